The molecule has 0 aliphatic rings. The lowest BCUT2D eigenvalue weighted by Crippen LogP contribution is -2.03. The maximum Gasteiger partial charge on any atom is 0.442 e. The third-order valence-corrected chi connectivity index (χ3v) is 6.78. The first-order valence-electron chi connectivity index (χ1n) is 7.62. The van der Waals surface area contributed by atoms with Crippen LogP contribution < -0.4 is 4.52 Å². The molecule has 2 rings (SSSR count). The molecule has 0 saturated carbocycles. The number of hydrogen-bond acceptors (Lipinski definition) is 3. The second-order valence-electron chi connectivity index (χ2n) is 5.65. The van der Waals surface area contributed by atoms with Crippen molar-refractivity contribution < 1.29 is 22.8 Å². The van der Waals surface area contributed by atoms with E-state index in [2.05, 4.69) is 55.4 Å². The highest BCUT2D eigenvalue weighted by Gasteiger charge is 2.34. The lowest BCUT2D eigenvalue weighted by molar-refractivity contribution is 0.188. The molecule has 2 aromatic rings. The van der Waals surface area contributed by atoms with Gasteiger partial charge in [-0.25, -0.2) is 4.57 Å². The third kappa shape index (κ3) is 6.64. The van der Waals surface area contributed by atoms with Gasteiger partial charge in [-0.15, -0.1) is 0 Å². The zero-order chi connectivity index (χ0) is 19.3. The van der Waals surface area contributed by atoms with E-state index >= 15 is 0 Å². The van der Waals surface area contributed by atoms with Crippen molar-refractivity contribution in [2.45, 2.75) is 30.5 Å². The summed E-state index contributed by atoms with van der Waals surface area (Å²) >= 11 is 8.38. The van der Waals surface area contributed by atoms with Crippen LogP contribution in [0.3, 0.4) is 0 Å². The third-order valence-electron chi connectivity index (χ3n) is 3.44. The average Bonchev–Trinajstić information content (AvgIpc) is 2.57. The van der Waals surface area contributed by atoms with Crippen LogP contribution >= 0.6 is 51.2 Å². The molecule has 1 N–H and O–H groups in total. The lowest BCUT2D eigenvalue weighted by Gasteiger charge is -2.15. The van der Waals surface area contributed by atoms with Crippen molar-refractivity contribution in [1.29, 1.82) is 0 Å². The molecule has 0 amide bonds. The van der Waals surface area contributed by atoms with E-state index in [0.717, 1.165) is 22.2 Å². The minimum absolute atomic E-state index is 0.0761. The zero-order valence-corrected chi connectivity index (χ0v) is 18.6. The highest BCUT2D eigenvalue weighted by atomic mass is 79.9. The molecule has 0 aromatic heterocycles. The van der Waals surface area contributed by atoms with E-state index < -0.39 is 13.8 Å². The van der Waals surface area contributed by atoms with Crippen LogP contribution in [0.5, 0.6) is 5.75 Å². The second kappa shape index (κ2) is 9.69. The molecule has 142 valence electrons. The normalized spacial score (nSPS) is 14.9. The van der Waals surface area contributed by atoms with Gasteiger partial charge in [0.05, 0.1) is 4.47 Å². The maximum absolute atomic E-state index is 12.5. The fourth-order valence-corrected chi connectivity index (χ4v) is 4.52. The summed E-state index contributed by atoms with van der Waals surface area (Å²) in [5.74, 6) is 0.648. The lowest BCUT2D eigenvalue weighted by atomic mass is 10.1. The predicted octanol–water partition coefficient (Wildman–Crippen LogP) is 6.86. The van der Waals surface area contributed by atoms with Crippen molar-refractivity contribution in [2.24, 2.45) is 0 Å². The molecule has 2 unspecified atom stereocenters. The Kier molecular flexibility index (Phi) is 8.16. The van der Waals surface area contributed by atoms with Crippen LogP contribution in [0.4, 0.5) is 8.78 Å². The van der Waals surface area contributed by atoms with Crippen LogP contribution in [-0.4, -0.2) is 16.3 Å². The molecule has 0 bridgehead atoms. The van der Waals surface area contributed by atoms with Crippen LogP contribution in [0.2, 0.25) is 0 Å². The van der Waals surface area contributed by atoms with E-state index in [1.54, 1.807) is 23.9 Å². The van der Waals surface area contributed by atoms with Crippen LogP contribution in [-0.2, 0) is 16.7 Å². The molecule has 26 heavy (non-hydrogen) atoms. The summed E-state index contributed by atoms with van der Waals surface area (Å²) < 4.78 is 42.2. The standard InChI is InChI=1S/C17H17Br2F2O3PS/c1-11(8-12-2-5-14(18)6-3-12)26-10-13-4-7-16(15(19)9-13)24-25(22,23)17(20)21/h2-7,9,11,17H,8,10H2,1H3,(H,22,23). The molecular weight excluding hydrogens is 513 g/mol. The van der Waals surface area contributed by atoms with E-state index in [-0.39, 0.29) is 5.75 Å². The minimum Gasteiger partial charge on any atom is -0.420 e. The first-order chi connectivity index (χ1) is 12.2. The van der Waals surface area contributed by atoms with E-state index in [4.69, 9.17) is 4.89 Å². The van der Waals surface area contributed by atoms with Crippen LogP contribution in [0.15, 0.2) is 51.4 Å². The van der Waals surface area contributed by atoms with Gasteiger partial charge in [0, 0.05) is 15.5 Å². The minimum atomic E-state index is -4.97. The summed E-state index contributed by atoms with van der Waals surface area (Å²) in [6.07, 6.45) is -2.51. The largest absolute Gasteiger partial charge is 0.442 e. The summed E-state index contributed by atoms with van der Waals surface area (Å²) in [5, 5.41) is 0.391. The predicted molar refractivity (Wildman–Crippen MR) is 109 cm³/mol. The fourth-order valence-electron chi connectivity index (χ4n) is 2.14. The first kappa shape index (κ1) is 21.9. The molecule has 0 spiro atoms. The summed E-state index contributed by atoms with van der Waals surface area (Å²) in [6, 6.07) is 13.0. The first-order valence-corrected chi connectivity index (χ1v) is 11.9. The summed E-state index contributed by atoms with van der Waals surface area (Å²) in [7, 11) is -4.97. The Balaban J connectivity index is 1.92. The number of hydrogen-bond donors (Lipinski definition) is 1. The molecular formula is C17H17Br2F2O3PS. The van der Waals surface area contributed by atoms with Gasteiger partial charge in [0.25, 0.3) is 0 Å². The maximum atomic E-state index is 12.5. The van der Waals surface area contributed by atoms with Crippen LogP contribution in [0.25, 0.3) is 0 Å². The van der Waals surface area contributed by atoms with E-state index in [0.29, 0.717) is 9.72 Å². The molecule has 3 nitrogen and oxygen atoms in total. The Bertz CT molecular complexity index is 790. The van der Waals surface area contributed by atoms with Crippen LogP contribution in [0, 0.1) is 0 Å². The SMILES string of the molecule is CC(Cc1ccc(Br)cc1)SCc1ccc(OP(=O)(O)C(F)F)c(Br)c1. The Morgan fingerprint density at radius 3 is 2.35 bits per heavy atom. The van der Waals surface area contributed by atoms with Gasteiger partial charge in [0.15, 0.2) is 0 Å². The van der Waals surface area contributed by atoms with Crippen molar-refractivity contribution >= 4 is 51.2 Å². The molecule has 0 saturated heterocycles. The Labute approximate surface area is 172 Å². The Hall–Kier alpha value is -0.400. The van der Waals surface area contributed by atoms with Crippen molar-refractivity contribution in [2.75, 3.05) is 0 Å². The van der Waals surface area contributed by atoms with Crippen molar-refractivity contribution in [3.8, 4) is 5.75 Å². The average molecular weight is 530 g/mol. The topological polar surface area (TPSA) is 46.5 Å². The molecule has 9 heteroatoms. The fraction of sp³-hybridized carbons (Fsp3) is 0.294. The van der Waals surface area contributed by atoms with Gasteiger partial charge >= 0.3 is 13.8 Å². The zero-order valence-electron chi connectivity index (χ0n) is 13.7. The smallest absolute Gasteiger partial charge is 0.420 e. The van der Waals surface area contributed by atoms with E-state index in [1.165, 1.54) is 11.6 Å². The number of alkyl halides is 2. The Morgan fingerprint density at radius 1 is 1.15 bits per heavy atom. The highest BCUT2D eigenvalue weighted by molar-refractivity contribution is 9.10. The van der Waals surface area contributed by atoms with Gasteiger partial charge in [-0.2, -0.15) is 20.5 Å². The van der Waals surface area contributed by atoms with Gasteiger partial charge in [-0.3, -0.25) is 0 Å². The highest BCUT2D eigenvalue weighted by Crippen LogP contribution is 2.50. The van der Waals surface area contributed by atoms with E-state index in [1.807, 2.05) is 12.1 Å². The molecule has 0 fully saturated rings. The monoisotopic (exact) mass is 528 g/mol. The van der Waals surface area contributed by atoms with E-state index in [9.17, 15) is 13.3 Å². The van der Waals surface area contributed by atoms with Crippen molar-refractivity contribution in [3.63, 3.8) is 0 Å². The van der Waals surface area contributed by atoms with Gasteiger partial charge < -0.3 is 9.42 Å². The molecule has 0 aliphatic carbocycles. The van der Waals surface area contributed by atoms with Crippen molar-refractivity contribution in [3.05, 3.63) is 62.5 Å². The molecule has 2 aromatic carbocycles. The Morgan fingerprint density at radius 2 is 1.77 bits per heavy atom. The molecule has 0 radical (unpaired) electrons. The second-order valence-corrected chi connectivity index (χ2v) is 10.5. The van der Waals surface area contributed by atoms with Gasteiger partial charge in [-0.1, -0.05) is 41.1 Å². The molecule has 2 atom stereocenters. The van der Waals surface area contributed by atoms with Crippen LogP contribution in [0.1, 0.15) is 18.1 Å². The van der Waals surface area contributed by atoms with Crippen molar-refractivity contribution in [1.82, 2.24) is 0 Å². The summed E-state index contributed by atoms with van der Waals surface area (Å²) in [4.78, 5) is 9.13. The summed E-state index contributed by atoms with van der Waals surface area (Å²) in [5.41, 5.74) is 2.21. The number of benzene rings is 2. The molecule has 0 aliphatic heterocycles. The number of rotatable bonds is 8. The summed E-state index contributed by atoms with van der Waals surface area (Å²) in [6.45, 7) is 2.14. The van der Waals surface area contributed by atoms with Gasteiger partial charge in [0.2, 0.25) is 0 Å². The van der Waals surface area contributed by atoms with Gasteiger partial charge in [-0.05, 0) is 57.7 Å². The number of halogens is 4. The van der Waals surface area contributed by atoms with Gasteiger partial charge in [0.1, 0.15) is 5.75 Å². The number of thioether (sulfide) groups is 1. The molecule has 0 heterocycles. The quantitative estimate of drug-likeness (QED) is 0.379.